The lowest BCUT2D eigenvalue weighted by molar-refractivity contribution is -0.139. The molecule has 0 saturated heterocycles. The van der Waals surface area contributed by atoms with Crippen molar-refractivity contribution in [3.8, 4) is 0 Å². The van der Waals surface area contributed by atoms with Gasteiger partial charge < -0.3 is 20.5 Å². The summed E-state index contributed by atoms with van der Waals surface area (Å²) in [5, 5.41) is 14.9. The zero-order chi connectivity index (χ0) is 18.9. The zero-order valence-electron chi connectivity index (χ0n) is 14.3. The van der Waals surface area contributed by atoms with E-state index in [1.165, 1.54) is 7.11 Å². The van der Waals surface area contributed by atoms with Crippen molar-refractivity contribution in [3.05, 3.63) is 34.9 Å². The summed E-state index contributed by atoms with van der Waals surface area (Å²) >= 11 is 5.76. The van der Waals surface area contributed by atoms with Crippen LogP contribution in [0.5, 0.6) is 0 Å². The number of carbonyl (C=O) groups excluding carboxylic acids is 2. The minimum absolute atomic E-state index is 0.0956. The van der Waals surface area contributed by atoms with Crippen molar-refractivity contribution in [1.29, 1.82) is 0 Å². The van der Waals surface area contributed by atoms with Gasteiger partial charge in [-0.05, 0) is 37.6 Å². The minimum Gasteiger partial charge on any atom is -0.481 e. The average molecular weight is 371 g/mol. The van der Waals surface area contributed by atoms with Crippen molar-refractivity contribution in [3.63, 3.8) is 0 Å². The lowest BCUT2D eigenvalue weighted by Crippen LogP contribution is -2.50. The molecule has 138 valence electrons. The molecule has 1 aromatic carbocycles. The van der Waals surface area contributed by atoms with Crippen molar-refractivity contribution < 1.29 is 24.2 Å². The molecule has 8 heteroatoms. The Labute approximate surface area is 151 Å². The molecule has 0 radical (unpaired) electrons. The summed E-state index contributed by atoms with van der Waals surface area (Å²) in [6, 6.07) is 6.49. The lowest BCUT2D eigenvalue weighted by atomic mass is 9.98. The van der Waals surface area contributed by atoms with Crippen LogP contribution in [0.25, 0.3) is 0 Å². The Bertz CT molecular complexity index is 606. The van der Waals surface area contributed by atoms with E-state index in [0.717, 1.165) is 0 Å². The number of carboxylic acid groups (broad SMARTS) is 1. The van der Waals surface area contributed by atoms with Crippen LogP contribution >= 0.6 is 11.6 Å². The summed E-state index contributed by atoms with van der Waals surface area (Å²) < 4.78 is 4.98. The molecule has 7 nitrogen and oxygen atoms in total. The first-order chi connectivity index (χ1) is 11.8. The fraction of sp³-hybridized carbons (Fsp3) is 0.471. The maximum atomic E-state index is 12.0. The van der Waals surface area contributed by atoms with E-state index in [-0.39, 0.29) is 31.3 Å². The molecule has 0 bridgehead atoms. The number of aliphatic carboxylic acids is 1. The second kappa shape index (κ2) is 10.0. The van der Waals surface area contributed by atoms with Crippen molar-refractivity contribution in [2.75, 3.05) is 20.3 Å². The maximum absolute atomic E-state index is 12.0. The third-order valence-electron chi connectivity index (χ3n) is 3.42. The van der Waals surface area contributed by atoms with Gasteiger partial charge in [0, 0.05) is 30.7 Å². The highest BCUT2D eigenvalue weighted by Gasteiger charge is 2.29. The third-order valence-corrected chi connectivity index (χ3v) is 3.67. The van der Waals surface area contributed by atoms with E-state index in [4.69, 9.17) is 21.4 Å². The van der Waals surface area contributed by atoms with E-state index in [9.17, 15) is 14.4 Å². The van der Waals surface area contributed by atoms with Crippen LogP contribution in [0, 0.1) is 0 Å². The number of halogens is 1. The van der Waals surface area contributed by atoms with Crippen LogP contribution in [0.15, 0.2) is 24.3 Å². The van der Waals surface area contributed by atoms with Gasteiger partial charge in [-0.25, -0.2) is 0 Å². The van der Waals surface area contributed by atoms with E-state index in [2.05, 4.69) is 10.6 Å². The van der Waals surface area contributed by atoms with Crippen LogP contribution in [0.3, 0.4) is 0 Å². The molecule has 0 aliphatic rings. The zero-order valence-corrected chi connectivity index (χ0v) is 15.1. The molecular weight excluding hydrogens is 348 g/mol. The second-order valence-corrected chi connectivity index (χ2v) is 6.42. The molecule has 0 fully saturated rings. The highest BCUT2D eigenvalue weighted by Crippen LogP contribution is 2.11. The van der Waals surface area contributed by atoms with Gasteiger partial charge in [0.25, 0.3) is 5.91 Å². The van der Waals surface area contributed by atoms with E-state index < -0.39 is 11.5 Å². The second-order valence-electron chi connectivity index (χ2n) is 5.98. The maximum Gasteiger partial charge on any atom is 0.305 e. The highest BCUT2D eigenvalue weighted by molar-refractivity contribution is 6.30. The number of benzene rings is 1. The standard InChI is InChI=1S/C17H23ClN2O5/c1-17(11-25-2,10-15(22)23)20-14(21)4-3-9-19-16(24)12-5-7-13(18)8-6-12/h5-8H,3-4,9-11H2,1-2H3,(H,19,24)(H,20,21)(H,22,23). The predicted molar refractivity (Wildman–Crippen MR) is 93.7 cm³/mol. The molecule has 1 unspecified atom stereocenters. The topological polar surface area (TPSA) is 105 Å². The number of amides is 2. The number of ether oxygens (including phenoxy) is 1. The van der Waals surface area contributed by atoms with Gasteiger partial charge in [-0.3, -0.25) is 14.4 Å². The first-order valence-electron chi connectivity index (χ1n) is 7.81. The number of carboxylic acids is 1. The van der Waals surface area contributed by atoms with Gasteiger partial charge in [0.2, 0.25) is 5.91 Å². The van der Waals surface area contributed by atoms with Crippen LogP contribution in [-0.2, 0) is 14.3 Å². The highest BCUT2D eigenvalue weighted by atomic mass is 35.5. The molecule has 0 saturated carbocycles. The molecule has 1 atom stereocenters. The number of hydrogen-bond donors (Lipinski definition) is 3. The summed E-state index contributed by atoms with van der Waals surface area (Å²) in [5.74, 6) is -1.55. The van der Waals surface area contributed by atoms with Crippen LogP contribution in [0.2, 0.25) is 5.02 Å². The summed E-state index contributed by atoms with van der Waals surface area (Å²) in [6.45, 7) is 2.04. The number of methoxy groups -OCH3 is 1. The Kier molecular flexibility index (Phi) is 8.37. The SMILES string of the molecule is COCC(C)(CC(=O)O)NC(=O)CCCNC(=O)c1ccc(Cl)cc1. The fourth-order valence-electron chi connectivity index (χ4n) is 2.34. The number of nitrogens with one attached hydrogen (secondary N) is 2. The number of rotatable bonds is 10. The normalized spacial score (nSPS) is 12.9. The van der Waals surface area contributed by atoms with Crippen LogP contribution in [0.4, 0.5) is 0 Å². The first kappa shape index (κ1) is 20.9. The van der Waals surface area contributed by atoms with Gasteiger partial charge in [0.05, 0.1) is 18.6 Å². The summed E-state index contributed by atoms with van der Waals surface area (Å²) in [5.41, 5.74) is -0.479. The molecule has 0 spiro atoms. The van der Waals surface area contributed by atoms with Gasteiger partial charge in [-0.2, -0.15) is 0 Å². The molecule has 0 heterocycles. The molecule has 2 amide bonds. The van der Waals surface area contributed by atoms with E-state index >= 15 is 0 Å². The van der Waals surface area contributed by atoms with Crippen molar-refractivity contribution in [2.45, 2.75) is 31.7 Å². The van der Waals surface area contributed by atoms with Crippen LogP contribution in [0.1, 0.15) is 36.5 Å². The van der Waals surface area contributed by atoms with E-state index in [1.807, 2.05) is 0 Å². The van der Waals surface area contributed by atoms with Crippen LogP contribution < -0.4 is 10.6 Å². The van der Waals surface area contributed by atoms with Gasteiger partial charge in [0.1, 0.15) is 0 Å². The molecule has 0 aliphatic heterocycles. The van der Waals surface area contributed by atoms with Crippen LogP contribution in [-0.4, -0.2) is 48.7 Å². The monoisotopic (exact) mass is 370 g/mol. The molecule has 0 aromatic heterocycles. The van der Waals surface area contributed by atoms with Gasteiger partial charge in [-0.1, -0.05) is 11.6 Å². The van der Waals surface area contributed by atoms with E-state index in [0.29, 0.717) is 23.6 Å². The third kappa shape index (κ3) is 8.00. The minimum atomic E-state index is -1.02. The molecule has 1 rings (SSSR count). The number of carbonyl (C=O) groups is 3. The summed E-state index contributed by atoms with van der Waals surface area (Å²) in [4.78, 5) is 34.8. The lowest BCUT2D eigenvalue weighted by Gasteiger charge is -2.28. The fourth-order valence-corrected chi connectivity index (χ4v) is 2.46. The van der Waals surface area contributed by atoms with E-state index in [1.54, 1.807) is 31.2 Å². The molecule has 0 aliphatic carbocycles. The van der Waals surface area contributed by atoms with Gasteiger partial charge >= 0.3 is 5.97 Å². The Morgan fingerprint density at radius 2 is 1.88 bits per heavy atom. The van der Waals surface area contributed by atoms with Crippen molar-refractivity contribution in [1.82, 2.24) is 10.6 Å². The van der Waals surface area contributed by atoms with Crippen molar-refractivity contribution >= 4 is 29.4 Å². The molecule has 1 aromatic rings. The van der Waals surface area contributed by atoms with Gasteiger partial charge in [0.15, 0.2) is 0 Å². The Morgan fingerprint density at radius 3 is 2.44 bits per heavy atom. The Balaban J connectivity index is 2.37. The largest absolute Gasteiger partial charge is 0.481 e. The quantitative estimate of drug-likeness (QED) is 0.545. The Hall–Kier alpha value is -2.12. The molecule has 25 heavy (non-hydrogen) atoms. The smallest absolute Gasteiger partial charge is 0.305 e. The molecular formula is C17H23ClN2O5. The Morgan fingerprint density at radius 1 is 1.24 bits per heavy atom. The van der Waals surface area contributed by atoms with Gasteiger partial charge in [-0.15, -0.1) is 0 Å². The average Bonchev–Trinajstić information content (AvgIpc) is 2.51. The predicted octanol–water partition coefficient (Wildman–Crippen LogP) is 1.85. The molecule has 3 N–H and O–H groups in total. The number of hydrogen-bond acceptors (Lipinski definition) is 4. The van der Waals surface area contributed by atoms with Crippen molar-refractivity contribution in [2.24, 2.45) is 0 Å². The first-order valence-corrected chi connectivity index (χ1v) is 8.19. The summed E-state index contributed by atoms with van der Waals surface area (Å²) in [7, 11) is 1.44. The summed E-state index contributed by atoms with van der Waals surface area (Å²) in [6.07, 6.45) is 0.362.